The number of rotatable bonds is 6. The predicted octanol–water partition coefficient (Wildman–Crippen LogP) is 2.36. The van der Waals surface area contributed by atoms with Gasteiger partial charge < -0.3 is 9.64 Å². The van der Waals surface area contributed by atoms with Crippen molar-refractivity contribution in [2.75, 3.05) is 31.7 Å². The highest BCUT2D eigenvalue weighted by Crippen LogP contribution is 2.15. The van der Waals surface area contributed by atoms with Crippen molar-refractivity contribution in [3.63, 3.8) is 0 Å². The normalized spacial score (nSPS) is 10.2. The van der Waals surface area contributed by atoms with Gasteiger partial charge in [-0.1, -0.05) is 0 Å². The highest BCUT2D eigenvalue weighted by atomic mass is 16.5. The average Bonchev–Trinajstić information content (AvgIpc) is 2.30. The van der Waals surface area contributed by atoms with Gasteiger partial charge in [-0.25, -0.2) is 0 Å². The average molecular weight is 221 g/mol. The first-order chi connectivity index (χ1) is 7.69. The van der Waals surface area contributed by atoms with E-state index < -0.39 is 0 Å². The van der Waals surface area contributed by atoms with Crippen LogP contribution in [0, 0.1) is 0 Å². The number of Topliss-reactive ketones (excluding diaryl/α,β-unsaturated/α-hetero) is 1. The monoisotopic (exact) mass is 221 g/mol. The molecule has 0 amide bonds. The molecule has 0 aromatic heterocycles. The third kappa shape index (κ3) is 3.35. The van der Waals surface area contributed by atoms with Crippen molar-refractivity contribution in [3.8, 4) is 0 Å². The van der Waals surface area contributed by atoms with Crippen molar-refractivity contribution in [2.45, 2.75) is 13.8 Å². The van der Waals surface area contributed by atoms with Crippen LogP contribution in [0.3, 0.4) is 0 Å². The van der Waals surface area contributed by atoms with Gasteiger partial charge in [0.15, 0.2) is 5.78 Å². The van der Waals surface area contributed by atoms with Crippen molar-refractivity contribution in [3.05, 3.63) is 29.8 Å². The largest absolute Gasteiger partial charge is 0.383 e. The van der Waals surface area contributed by atoms with Crippen molar-refractivity contribution < 1.29 is 9.53 Å². The maximum atomic E-state index is 11.1. The SMILES string of the molecule is CCN(CCOC)c1ccc(C(C)=O)cc1. The number of hydrogen-bond donors (Lipinski definition) is 0. The van der Waals surface area contributed by atoms with E-state index in [9.17, 15) is 4.79 Å². The predicted molar refractivity (Wildman–Crippen MR) is 66.2 cm³/mol. The van der Waals surface area contributed by atoms with E-state index in [4.69, 9.17) is 4.74 Å². The van der Waals surface area contributed by atoms with E-state index in [-0.39, 0.29) is 5.78 Å². The Hall–Kier alpha value is -1.35. The second-order valence-electron chi connectivity index (χ2n) is 3.68. The van der Waals surface area contributed by atoms with Crippen LogP contribution in [0.25, 0.3) is 0 Å². The summed E-state index contributed by atoms with van der Waals surface area (Å²) in [6.07, 6.45) is 0. The minimum Gasteiger partial charge on any atom is -0.383 e. The summed E-state index contributed by atoms with van der Waals surface area (Å²) >= 11 is 0. The van der Waals surface area contributed by atoms with E-state index in [1.807, 2.05) is 24.3 Å². The van der Waals surface area contributed by atoms with E-state index in [1.165, 1.54) is 0 Å². The Morgan fingerprint density at radius 1 is 1.31 bits per heavy atom. The van der Waals surface area contributed by atoms with Crippen LogP contribution >= 0.6 is 0 Å². The van der Waals surface area contributed by atoms with Gasteiger partial charge in [0.25, 0.3) is 0 Å². The molecule has 0 N–H and O–H groups in total. The molecule has 0 bridgehead atoms. The molecule has 3 nitrogen and oxygen atoms in total. The van der Waals surface area contributed by atoms with Crippen LogP contribution in [0.1, 0.15) is 24.2 Å². The zero-order chi connectivity index (χ0) is 12.0. The fourth-order valence-corrected chi connectivity index (χ4v) is 1.58. The summed E-state index contributed by atoms with van der Waals surface area (Å²) in [6.45, 7) is 6.20. The van der Waals surface area contributed by atoms with Crippen LogP contribution in [0.4, 0.5) is 5.69 Å². The van der Waals surface area contributed by atoms with Crippen LogP contribution in [-0.2, 0) is 4.74 Å². The van der Waals surface area contributed by atoms with Crippen LogP contribution in [0.5, 0.6) is 0 Å². The highest BCUT2D eigenvalue weighted by Gasteiger charge is 2.04. The van der Waals surface area contributed by atoms with Crippen molar-refractivity contribution in [1.82, 2.24) is 0 Å². The molecular weight excluding hydrogens is 202 g/mol. The molecule has 0 saturated carbocycles. The quantitative estimate of drug-likeness (QED) is 0.691. The molecule has 1 aromatic rings. The molecule has 1 rings (SSSR count). The lowest BCUT2D eigenvalue weighted by Crippen LogP contribution is -2.26. The van der Waals surface area contributed by atoms with Crippen LogP contribution < -0.4 is 4.90 Å². The molecule has 0 fully saturated rings. The van der Waals surface area contributed by atoms with Gasteiger partial charge in [-0.2, -0.15) is 0 Å². The van der Waals surface area contributed by atoms with Gasteiger partial charge >= 0.3 is 0 Å². The lowest BCUT2D eigenvalue weighted by Gasteiger charge is -2.22. The standard InChI is InChI=1S/C13H19NO2/c1-4-14(9-10-16-3)13-7-5-12(6-8-13)11(2)15/h5-8H,4,9-10H2,1-3H3. The summed E-state index contributed by atoms with van der Waals surface area (Å²) in [4.78, 5) is 13.4. The van der Waals surface area contributed by atoms with Crippen molar-refractivity contribution in [2.24, 2.45) is 0 Å². The van der Waals surface area contributed by atoms with Crippen LogP contribution in [-0.4, -0.2) is 32.6 Å². The fourth-order valence-electron chi connectivity index (χ4n) is 1.58. The Labute approximate surface area is 97.0 Å². The van der Waals surface area contributed by atoms with E-state index in [0.717, 1.165) is 24.3 Å². The van der Waals surface area contributed by atoms with E-state index in [1.54, 1.807) is 14.0 Å². The molecule has 0 aliphatic heterocycles. The minimum atomic E-state index is 0.103. The Balaban J connectivity index is 2.74. The Kier molecular flexibility index (Phi) is 4.99. The third-order valence-electron chi connectivity index (χ3n) is 2.59. The van der Waals surface area contributed by atoms with Gasteiger partial charge in [-0.3, -0.25) is 4.79 Å². The van der Waals surface area contributed by atoms with Crippen molar-refractivity contribution in [1.29, 1.82) is 0 Å². The summed E-state index contributed by atoms with van der Waals surface area (Å²) in [6, 6.07) is 7.70. The summed E-state index contributed by atoms with van der Waals surface area (Å²) in [7, 11) is 1.70. The van der Waals surface area contributed by atoms with E-state index >= 15 is 0 Å². The number of hydrogen-bond acceptors (Lipinski definition) is 3. The third-order valence-corrected chi connectivity index (χ3v) is 2.59. The van der Waals surface area contributed by atoms with Gasteiger partial charge in [-0.15, -0.1) is 0 Å². The molecule has 3 heteroatoms. The van der Waals surface area contributed by atoms with Gasteiger partial charge in [0.05, 0.1) is 6.61 Å². The zero-order valence-electron chi connectivity index (χ0n) is 10.2. The fraction of sp³-hybridized carbons (Fsp3) is 0.462. The Bertz CT molecular complexity index is 332. The number of ketones is 1. The lowest BCUT2D eigenvalue weighted by atomic mass is 10.1. The first kappa shape index (κ1) is 12.7. The molecule has 0 heterocycles. The molecule has 16 heavy (non-hydrogen) atoms. The van der Waals surface area contributed by atoms with E-state index in [2.05, 4.69) is 11.8 Å². The first-order valence-corrected chi connectivity index (χ1v) is 5.54. The molecule has 0 aliphatic rings. The maximum absolute atomic E-state index is 11.1. The van der Waals surface area contributed by atoms with Crippen LogP contribution in [0.15, 0.2) is 24.3 Å². The van der Waals surface area contributed by atoms with Gasteiger partial charge in [0, 0.05) is 31.5 Å². The molecule has 0 spiro atoms. The number of ether oxygens (including phenoxy) is 1. The van der Waals surface area contributed by atoms with Gasteiger partial charge in [0.1, 0.15) is 0 Å². The summed E-state index contributed by atoms with van der Waals surface area (Å²) in [5.41, 5.74) is 1.89. The number of carbonyl (C=O) groups excluding carboxylic acids is 1. The second-order valence-corrected chi connectivity index (χ2v) is 3.68. The minimum absolute atomic E-state index is 0.103. The smallest absolute Gasteiger partial charge is 0.159 e. The van der Waals surface area contributed by atoms with Gasteiger partial charge in [0.2, 0.25) is 0 Å². The number of methoxy groups -OCH3 is 1. The number of anilines is 1. The van der Waals surface area contributed by atoms with E-state index in [0.29, 0.717) is 6.61 Å². The molecule has 0 unspecified atom stereocenters. The van der Waals surface area contributed by atoms with Crippen molar-refractivity contribution >= 4 is 11.5 Å². The lowest BCUT2D eigenvalue weighted by molar-refractivity contribution is 0.101. The summed E-state index contributed by atoms with van der Waals surface area (Å²) < 4.78 is 5.06. The van der Waals surface area contributed by atoms with Gasteiger partial charge in [-0.05, 0) is 38.1 Å². The molecule has 0 saturated heterocycles. The highest BCUT2D eigenvalue weighted by molar-refractivity contribution is 5.94. The molecule has 0 aliphatic carbocycles. The summed E-state index contributed by atoms with van der Waals surface area (Å²) in [5.74, 6) is 0.103. The maximum Gasteiger partial charge on any atom is 0.159 e. The zero-order valence-corrected chi connectivity index (χ0v) is 10.2. The molecule has 0 atom stereocenters. The second kappa shape index (κ2) is 6.28. The van der Waals surface area contributed by atoms with Crippen LogP contribution in [0.2, 0.25) is 0 Å². The Morgan fingerprint density at radius 2 is 1.94 bits per heavy atom. The number of benzene rings is 1. The molecule has 1 aromatic carbocycles. The Morgan fingerprint density at radius 3 is 2.38 bits per heavy atom. The summed E-state index contributed by atoms with van der Waals surface area (Å²) in [5, 5.41) is 0. The number of nitrogens with zero attached hydrogens (tertiary/aromatic N) is 1. The molecule has 88 valence electrons. The number of likely N-dealkylation sites (N-methyl/N-ethyl adjacent to an activating group) is 1. The number of carbonyl (C=O) groups is 1. The molecular formula is C13H19NO2. The topological polar surface area (TPSA) is 29.5 Å². The first-order valence-electron chi connectivity index (χ1n) is 5.54. The molecule has 0 radical (unpaired) electrons.